The van der Waals surface area contributed by atoms with Gasteiger partial charge in [0.25, 0.3) is 0 Å². The number of amides is 2. The van der Waals surface area contributed by atoms with Crippen LogP contribution >= 0.6 is 0 Å². The monoisotopic (exact) mass is 464 g/mol. The lowest BCUT2D eigenvalue weighted by Gasteiger charge is -2.35. The van der Waals surface area contributed by atoms with E-state index < -0.39 is 12.1 Å². The van der Waals surface area contributed by atoms with E-state index in [0.29, 0.717) is 12.8 Å². The summed E-state index contributed by atoms with van der Waals surface area (Å²) in [5.74, 6) is -0.787. The number of carboxylic acids is 1. The van der Waals surface area contributed by atoms with Crippen molar-refractivity contribution >= 4 is 18.0 Å². The molecule has 1 saturated carbocycles. The molecule has 4 rings (SSSR count). The number of carboxylic acid groups (broad SMARTS) is 1. The van der Waals surface area contributed by atoms with Crippen LogP contribution in [0, 0.1) is 11.8 Å². The van der Waals surface area contributed by atoms with Crippen molar-refractivity contribution in [2.45, 2.75) is 57.5 Å². The first-order chi connectivity index (χ1) is 16.3. The Kier molecular flexibility index (Phi) is 7.20. The molecule has 0 spiro atoms. The Morgan fingerprint density at radius 3 is 2.15 bits per heavy atom. The van der Waals surface area contributed by atoms with Gasteiger partial charge in [-0.2, -0.15) is 0 Å². The van der Waals surface area contributed by atoms with Crippen LogP contribution in [-0.2, 0) is 14.3 Å². The minimum atomic E-state index is -0.804. The van der Waals surface area contributed by atoms with Gasteiger partial charge in [-0.15, -0.1) is 0 Å². The number of hydrogen-bond acceptors (Lipinski definition) is 4. The molecule has 0 aliphatic heterocycles. The fraction of sp³-hybridized carbons (Fsp3) is 0.444. The van der Waals surface area contributed by atoms with Gasteiger partial charge in [-0.1, -0.05) is 62.4 Å². The lowest BCUT2D eigenvalue weighted by Crippen LogP contribution is -2.48. The number of rotatable bonds is 9. The quantitative estimate of drug-likeness (QED) is 0.513. The zero-order chi connectivity index (χ0) is 24.2. The number of aliphatic carboxylic acids is 1. The minimum Gasteiger partial charge on any atom is -0.481 e. The van der Waals surface area contributed by atoms with Crippen LogP contribution in [0.2, 0.25) is 0 Å². The van der Waals surface area contributed by atoms with Gasteiger partial charge in [0.15, 0.2) is 0 Å². The first-order valence-corrected chi connectivity index (χ1v) is 11.9. The van der Waals surface area contributed by atoms with Crippen molar-refractivity contribution in [3.63, 3.8) is 0 Å². The molecule has 2 aliphatic carbocycles. The number of fused-ring (bicyclic) bond motifs is 3. The Hall–Kier alpha value is -3.35. The Labute approximate surface area is 199 Å². The first-order valence-electron chi connectivity index (χ1n) is 11.9. The summed E-state index contributed by atoms with van der Waals surface area (Å²) in [5, 5.41) is 14.7. The third kappa shape index (κ3) is 5.41. The van der Waals surface area contributed by atoms with E-state index in [2.05, 4.69) is 34.9 Å². The summed E-state index contributed by atoms with van der Waals surface area (Å²) in [6, 6.07) is 16.0. The van der Waals surface area contributed by atoms with Crippen LogP contribution in [0.25, 0.3) is 11.1 Å². The molecule has 0 aromatic heterocycles. The van der Waals surface area contributed by atoms with Crippen LogP contribution in [0.15, 0.2) is 48.5 Å². The molecule has 180 valence electrons. The highest BCUT2D eigenvalue weighted by Crippen LogP contribution is 2.44. The Balaban J connectivity index is 1.28. The van der Waals surface area contributed by atoms with E-state index in [4.69, 9.17) is 9.84 Å². The Bertz CT molecular complexity index is 1010. The molecule has 2 aliphatic rings. The van der Waals surface area contributed by atoms with Gasteiger partial charge in [-0.3, -0.25) is 9.59 Å². The molecule has 2 amide bonds. The van der Waals surface area contributed by atoms with E-state index in [1.54, 1.807) is 0 Å². The van der Waals surface area contributed by atoms with E-state index >= 15 is 0 Å². The van der Waals surface area contributed by atoms with Crippen molar-refractivity contribution in [3.8, 4) is 11.1 Å². The zero-order valence-electron chi connectivity index (χ0n) is 19.6. The fourth-order valence-corrected chi connectivity index (χ4v) is 5.00. The van der Waals surface area contributed by atoms with Crippen LogP contribution in [-0.4, -0.2) is 41.8 Å². The summed E-state index contributed by atoms with van der Waals surface area (Å²) in [5.41, 5.74) is 4.65. The molecule has 1 fully saturated rings. The molecular formula is C27H32N2O5. The smallest absolute Gasteiger partial charge is 0.407 e. The third-order valence-corrected chi connectivity index (χ3v) is 6.92. The van der Waals surface area contributed by atoms with Crippen molar-refractivity contribution in [1.29, 1.82) is 0 Å². The maximum absolute atomic E-state index is 12.6. The normalized spacial score (nSPS) is 19.5. The largest absolute Gasteiger partial charge is 0.481 e. The topological polar surface area (TPSA) is 105 Å². The highest BCUT2D eigenvalue weighted by molar-refractivity contribution is 5.80. The van der Waals surface area contributed by atoms with Gasteiger partial charge in [0, 0.05) is 30.8 Å². The maximum Gasteiger partial charge on any atom is 0.407 e. The van der Waals surface area contributed by atoms with Crippen molar-refractivity contribution in [1.82, 2.24) is 10.6 Å². The maximum atomic E-state index is 12.6. The molecule has 3 N–H and O–H groups in total. The van der Waals surface area contributed by atoms with Crippen molar-refractivity contribution < 1.29 is 24.2 Å². The average molecular weight is 465 g/mol. The van der Waals surface area contributed by atoms with Gasteiger partial charge in [-0.25, -0.2) is 4.79 Å². The lowest BCUT2D eigenvalue weighted by atomic mass is 9.78. The summed E-state index contributed by atoms with van der Waals surface area (Å²) < 4.78 is 5.63. The van der Waals surface area contributed by atoms with E-state index in [9.17, 15) is 14.4 Å². The van der Waals surface area contributed by atoms with Crippen LogP contribution in [0.3, 0.4) is 0 Å². The number of nitrogens with one attached hydrogen (secondary N) is 2. The second-order valence-corrected chi connectivity index (χ2v) is 9.72. The molecule has 0 saturated heterocycles. The second-order valence-electron chi connectivity index (χ2n) is 9.72. The van der Waals surface area contributed by atoms with Crippen LogP contribution in [0.1, 0.15) is 56.6 Å². The fourth-order valence-electron chi connectivity index (χ4n) is 5.00. The van der Waals surface area contributed by atoms with E-state index in [0.717, 1.165) is 11.1 Å². The van der Waals surface area contributed by atoms with Crippen LogP contribution in [0.4, 0.5) is 4.79 Å². The summed E-state index contributed by atoms with van der Waals surface area (Å²) in [4.78, 5) is 35.9. The number of carbonyl (C=O) groups is 3. The molecule has 34 heavy (non-hydrogen) atoms. The first kappa shape index (κ1) is 23.8. The van der Waals surface area contributed by atoms with Gasteiger partial charge in [0.05, 0.1) is 0 Å². The predicted octanol–water partition coefficient (Wildman–Crippen LogP) is 4.31. The van der Waals surface area contributed by atoms with Crippen molar-refractivity contribution in [2.24, 2.45) is 11.8 Å². The summed E-state index contributed by atoms with van der Waals surface area (Å²) in [7, 11) is 0. The molecular weight excluding hydrogens is 432 g/mol. The predicted molar refractivity (Wildman–Crippen MR) is 128 cm³/mol. The van der Waals surface area contributed by atoms with E-state index in [1.165, 1.54) is 11.1 Å². The molecule has 0 bridgehead atoms. The number of alkyl carbamates (subject to hydrolysis) is 1. The summed E-state index contributed by atoms with van der Waals surface area (Å²) in [6.07, 6.45) is 1.14. The molecule has 7 heteroatoms. The van der Waals surface area contributed by atoms with Crippen molar-refractivity contribution in [2.75, 3.05) is 6.61 Å². The Morgan fingerprint density at radius 1 is 1.00 bits per heavy atom. The lowest BCUT2D eigenvalue weighted by molar-refractivity contribution is -0.139. The van der Waals surface area contributed by atoms with E-state index in [-0.39, 0.29) is 55.2 Å². The standard InChI is InChI=1S/C27H32N2O5/c1-16(2)24(14-25(30)28-18-11-17(12-18)13-26(31)32)29-27(33)34-15-23-21-9-5-3-7-19(21)20-8-4-6-10-22(20)23/h3-10,16-18,23-24H,11-15H2,1-2H3,(H,28,30)(H,29,33)(H,31,32)/t17?,18?,24-/m0/s1. The van der Waals surface area contributed by atoms with Gasteiger partial charge >= 0.3 is 12.1 Å². The highest BCUT2D eigenvalue weighted by atomic mass is 16.5. The number of carbonyl (C=O) groups excluding carboxylic acids is 2. The van der Waals surface area contributed by atoms with E-state index in [1.807, 2.05) is 38.1 Å². The molecule has 1 atom stereocenters. The van der Waals surface area contributed by atoms with Gasteiger partial charge < -0.3 is 20.5 Å². The zero-order valence-corrected chi connectivity index (χ0v) is 19.6. The molecule has 2 aromatic carbocycles. The third-order valence-electron chi connectivity index (χ3n) is 6.92. The highest BCUT2D eigenvalue weighted by Gasteiger charge is 2.33. The molecule has 0 radical (unpaired) electrons. The molecule has 0 heterocycles. The van der Waals surface area contributed by atoms with Crippen LogP contribution in [0.5, 0.6) is 0 Å². The number of benzene rings is 2. The minimum absolute atomic E-state index is 0.0131. The SMILES string of the molecule is CC(C)[C@H](CC(=O)NC1CC(CC(=O)O)C1)NC(=O)OCC1c2ccccc2-c2ccccc21. The summed E-state index contributed by atoms with van der Waals surface area (Å²) in [6.45, 7) is 4.13. The van der Waals surface area contributed by atoms with Gasteiger partial charge in [-0.05, 0) is 46.9 Å². The summed E-state index contributed by atoms with van der Waals surface area (Å²) >= 11 is 0. The second kappa shape index (κ2) is 10.3. The van der Waals surface area contributed by atoms with Crippen LogP contribution < -0.4 is 10.6 Å². The molecule has 2 aromatic rings. The number of hydrogen-bond donors (Lipinski definition) is 3. The molecule has 0 unspecified atom stereocenters. The average Bonchev–Trinajstić information content (AvgIpc) is 3.09. The number of ether oxygens (including phenoxy) is 1. The van der Waals surface area contributed by atoms with Crippen molar-refractivity contribution in [3.05, 3.63) is 59.7 Å². The molecule has 7 nitrogen and oxygen atoms in total. The van der Waals surface area contributed by atoms with Gasteiger partial charge in [0.2, 0.25) is 5.91 Å². The Morgan fingerprint density at radius 2 is 1.59 bits per heavy atom. The van der Waals surface area contributed by atoms with Gasteiger partial charge in [0.1, 0.15) is 6.61 Å².